The van der Waals surface area contributed by atoms with E-state index in [0.29, 0.717) is 10.8 Å². The molecule has 1 heterocycles. The van der Waals surface area contributed by atoms with Crippen molar-refractivity contribution < 1.29 is 14.6 Å². The zero-order chi connectivity index (χ0) is 18.1. The van der Waals surface area contributed by atoms with Gasteiger partial charge in [-0.3, -0.25) is 0 Å². The first kappa shape index (κ1) is 16.9. The predicted molar refractivity (Wildman–Crippen MR) is 102 cm³/mol. The number of hydrogen-bond acceptors (Lipinski definition) is 3. The standard InChI is InChI=1S/C21H18ClNO3/c22-15-10-11-17-16(12-15)18(13-6-2-1-3-7-13)20(26-21(24)25)19(23-17)14-8-4-5-9-14/h1-3,6-7,10-12,14H,4-5,8-9H2,(H,24,25). The molecule has 0 aliphatic heterocycles. The Bertz CT molecular complexity index is 966. The van der Waals surface area contributed by atoms with E-state index in [1.807, 2.05) is 48.5 Å². The van der Waals surface area contributed by atoms with Gasteiger partial charge in [0.1, 0.15) is 0 Å². The number of hydrogen-bond donors (Lipinski definition) is 1. The fraction of sp³-hybridized carbons (Fsp3) is 0.238. The van der Waals surface area contributed by atoms with Crippen LogP contribution in [0.1, 0.15) is 37.3 Å². The Morgan fingerprint density at radius 1 is 1.12 bits per heavy atom. The summed E-state index contributed by atoms with van der Waals surface area (Å²) in [6.07, 6.45) is 2.91. The van der Waals surface area contributed by atoms with Gasteiger partial charge < -0.3 is 9.84 Å². The monoisotopic (exact) mass is 367 g/mol. The molecule has 0 spiro atoms. The van der Waals surface area contributed by atoms with Crippen LogP contribution in [0.3, 0.4) is 0 Å². The van der Waals surface area contributed by atoms with Crippen LogP contribution in [0.5, 0.6) is 5.75 Å². The molecule has 2 aromatic carbocycles. The molecule has 4 nitrogen and oxygen atoms in total. The van der Waals surface area contributed by atoms with Gasteiger partial charge in [0.2, 0.25) is 0 Å². The number of benzene rings is 2. The Morgan fingerprint density at radius 3 is 2.54 bits per heavy atom. The largest absolute Gasteiger partial charge is 0.511 e. The van der Waals surface area contributed by atoms with Crippen molar-refractivity contribution >= 4 is 28.7 Å². The third kappa shape index (κ3) is 3.13. The smallest absolute Gasteiger partial charge is 0.449 e. The van der Waals surface area contributed by atoms with Gasteiger partial charge in [-0.15, -0.1) is 0 Å². The number of ether oxygens (including phenoxy) is 1. The molecule has 1 saturated carbocycles. The van der Waals surface area contributed by atoms with Crippen molar-refractivity contribution in [1.29, 1.82) is 0 Å². The van der Waals surface area contributed by atoms with E-state index in [2.05, 4.69) is 0 Å². The number of pyridine rings is 1. The number of aromatic nitrogens is 1. The summed E-state index contributed by atoms with van der Waals surface area (Å²) in [7, 11) is 0. The highest BCUT2D eigenvalue weighted by molar-refractivity contribution is 6.31. The van der Waals surface area contributed by atoms with Crippen molar-refractivity contribution in [1.82, 2.24) is 4.98 Å². The normalized spacial score (nSPS) is 14.7. The van der Waals surface area contributed by atoms with Crippen LogP contribution in [-0.2, 0) is 0 Å². The van der Waals surface area contributed by atoms with Gasteiger partial charge >= 0.3 is 6.16 Å². The maximum Gasteiger partial charge on any atom is 0.511 e. The van der Waals surface area contributed by atoms with Crippen molar-refractivity contribution in [2.75, 3.05) is 0 Å². The van der Waals surface area contributed by atoms with E-state index in [9.17, 15) is 9.90 Å². The summed E-state index contributed by atoms with van der Waals surface area (Å²) < 4.78 is 5.30. The third-order valence-corrected chi connectivity index (χ3v) is 5.16. The molecule has 1 aliphatic rings. The van der Waals surface area contributed by atoms with Gasteiger partial charge in [-0.1, -0.05) is 54.8 Å². The first-order valence-electron chi connectivity index (χ1n) is 8.73. The fourth-order valence-electron chi connectivity index (χ4n) is 3.79. The molecule has 4 rings (SSSR count). The molecule has 0 bridgehead atoms. The SMILES string of the molecule is O=C(O)Oc1c(C2CCCC2)nc2ccc(Cl)cc2c1-c1ccccc1. The Hall–Kier alpha value is -2.59. The molecule has 0 radical (unpaired) electrons. The Balaban J connectivity index is 2.07. The number of rotatable bonds is 3. The minimum absolute atomic E-state index is 0.215. The first-order valence-corrected chi connectivity index (χ1v) is 9.10. The molecule has 0 amide bonds. The van der Waals surface area contributed by atoms with E-state index < -0.39 is 6.16 Å². The van der Waals surface area contributed by atoms with Crippen LogP contribution in [0.15, 0.2) is 48.5 Å². The Morgan fingerprint density at radius 2 is 1.85 bits per heavy atom. The lowest BCUT2D eigenvalue weighted by Gasteiger charge is -2.19. The zero-order valence-electron chi connectivity index (χ0n) is 14.1. The summed E-state index contributed by atoms with van der Waals surface area (Å²) in [5, 5.41) is 10.7. The average Bonchev–Trinajstić information content (AvgIpc) is 3.16. The van der Waals surface area contributed by atoms with Crippen molar-refractivity contribution in [3.63, 3.8) is 0 Å². The van der Waals surface area contributed by atoms with Crippen LogP contribution in [-0.4, -0.2) is 16.2 Å². The summed E-state index contributed by atoms with van der Waals surface area (Å²) in [5.41, 5.74) is 3.16. The highest BCUT2D eigenvalue weighted by atomic mass is 35.5. The van der Waals surface area contributed by atoms with Crippen LogP contribution in [0.4, 0.5) is 4.79 Å². The number of carboxylic acid groups (broad SMARTS) is 1. The zero-order valence-corrected chi connectivity index (χ0v) is 14.9. The van der Waals surface area contributed by atoms with Crippen molar-refractivity contribution in [3.05, 3.63) is 59.2 Å². The fourth-order valence-corrected chi connectivity index (χ4v) is 3.97. The lowest BCUT2D eigenvalue weighted by Crippen LogP contribution is -2.10. The van der Waals surface area contributed by atoms with E-state index in [1.54, 1.807) is 0 Å². The van der Waals surface area contributed by atoms with Crippen molar-refractivity contribution in [2.45, 2.75) is 31.6 Å². The number of fused-ring (bicyclic) bond motifs is 1. The second-order valence-corrected chi connectivity index (χ2v) is 7.01. The molecule has 1 aliphatic carbocycles. The molecular formula is C21H18ClNO3. The molecule has 26 heavy (non-hydrogen) atoms. The lowest BCUT2D eigenvalue weighted by atomic mass is 9.94. The molecule has 0 saturated heterocycles. The highest BCUT2D eigenvalue weighted by Gasteiger charge is 2.28. The maximum atomic E-state index is 11.4. The van der Waals surface area contributed by atoms with Crippen LogP contribution < -0.4 is 4.74 Å². The molecule has 0 unspecified atom stereocenters. The second kappa shape index (κ2) is 6.96. The summed E-state index contributed by atoms with van der Waals surface area (Å²) in [6, 6.07) is 15.2. The summed E-state index contributed by atoms with van der Waals surface area (Å²) >= 11 is 6.22. The maximum absolute atomic E-state index is 11.4. The van der Waals surface area contributed by atoms with Crippen LogP contribution in [0.2, 0.25) is 5.02 Å². The number of halogens is 1. The van der Waals surface area contributed by atoms with Crippen molar-refractivity contribution in [3.8, 4) is 16.9 Å². The molecule has 1 fully saturated rings. The number of carbonyl (C=O) groups is 1. The molecule has 3 aromatic rings. The predicted octanol–water partition coefficient (Wildman–Crippen LogP) is 6.27. The Labute approximate surface area is 156 Å². The van der Waals surface area contributed by atoms with E-state index in [4.69, 9.17) is 21.3 Å². The quantitative estimate of drug-likeness (QED) is 0.554. The molecule has 132 valence electrons. The lowest BCUT2D eigenvalue weighted by molar-refractivity contribution is 0.144. The second-order valence-electron chi connectivity index (χ2n) is 6.58. The number of nitrogens with zero attached hydrogens (tertiary/aromatic N) is 1. The third-order valence-electron chi connectivity index (χ3n) is 4.92. The Kier molecular flexibility index (Phi) is 4.51. The van der Waals surface area contributed by atoms with Crippen LogP contribution >= 0.6 is 11.6 Å². The minimum Gasteiger partial charge on any atom is -0.449 e. The highest BCUT2D eigenvalue weighted by Crippen LogP contribution is 2.45. The minimum atomic E-state index is -1.33. The van der Waals surface area contributed by atoms with Gasteiger partial charge in [0.05, 0.1) is 11.2 Å². The van der Waals surface area contributed by atoms with Gasteiger partial charge in [0, 0.05) is 21.9 Å². The average molecular weight is 368 g/mol. The molecule has 1 aromatic heterocycles. The molecule has 0 atom stereocenters. The van der Waals surface area contributed by atoms with Crippen molar-refractivity contribution in [2.24, 2.45) is 0 Å². The molecule has 1 N–H and O–H groups in total. The first-order chi connectivity index (χ1) is 12.6. The van der Waals surface area contributed by atoms with E-state index in [1.165, 1.54) is 0 Å². The van der Waals surface area contributed by atoms with Crippen LogP contribution in [0, 0.1) is 0 Å². The van der Waals surface area contributed by atoms with E-state index >= 15 is 0 Å². The van der Waals surface area contributed by atoms with Gasteiger partial charge in [0.15, 0.2) is 5.75 Å². The molecule has 5 heteroatoms. The van der Waals surface area contributed by atoms with Gasteiger partial charge in [-0.05, 0) is 36.6 Å². The summed E-state index contributed by atoms with van der Waals surface area (Å²) in [6.45, 7) is 0. The summed E-state index contributed by atoms with van der Waals surface area (Å²) in [4.78, 5) is 16.2. The van der Waals surface area contributed by atoms with Gasteiger partial charge in [-0.25, -0.2) is 9.78 Å². The van der Waals surface area contributed by atoms with Crippen LogP contribution in [0.25, 0.3) is 22.0 Å². The van der Waals surface area contributed by atoms with Gasteiger partial charge in [-0.2, -0.15) is 0 Å². The van der Waals surface area contributed by atoms with Gasteiger partial charge in [0.25, 0.3) is 0 Å². The topological polar surface area (TPSA) is 59.4 Å². The van der Waals surface area contributed by atoms with E-state index in [0.717, 1.165) is 53.4 Å². The molecular weight excluding hydrogens is 350 g/mol. The van der Waals surface area contributed by atoms with E-state index in [-0.39, 0.29) is 5.92 Å². The summed E-state index contributed by atoms with van der Waals surface area (Å²) in [5.74, 6) is 0.553.